The Morgan fingerprint density at radius 3 is 2.54 bits per heavy atom. The van der Waals surface area contributed by atoms with Gasteiger partial charge in [0, 0.05) is 5.41 Å². The summed E-state index contributed by atoms with van der Waals surface area (Å²) in [6, 6.07) is 0. The average Bonchev–Trinajstić information content (AvgIpc) is 2.34. The van der Waals surface area contributed by atoms with Crippen molar-refractivity contribution in [3.8, 4) is 0 Å². The zero-order chi connectivity index (χ0) is 10.1. The van der Waals surface area contributed by atoms with E-state index in [1.54, 1.807) is 6.20 Å². The number of rotatable bonds is 0. The lowest BCUT2D eigenvalue weighted by Gasteiger charge is -2.18. The number of oxime groups is 1. The van der Waals surface area contributed by atoms with Crippen molar-refractivity contribution < 1.29 is 5.21 Å². The lowest BCUT2D eigenvalue weighted by Crippen LogP contribution is -2.28. The molecule has 0 unspecified atom stereocenters. The predicted octanol–water partition coefficient (Wildman–Crippen LogP) is 2.22. The fourth-order valence-corrected chi connectivity index (χ4v) is 1.09. The summed E-state index contributed by atoms with van der Waals surface area (Å²) in [6.45, 7) is 5.78. The topological polar surface area (TPSA) is 50.4 Å². The maximum atomic E-state index is 8.81. The van der Waals surface area contributed by atoms with Crippen molar-refractivity contribution in [1.29, 1.82) is 0 Å². The van der Waals surface area contributed by atoms with Crippen LogP contribution in [0.5, 0.6) is 0 Å². The third-order valence-corrected chi connectivity index (χ3v) is 1.73. The first-order valence-electron chi connectivity index (χ1n) is 3.88. The molecule has 0 aliphatic heterocycles. The number of hydrogen-bond donors (Lipinski definition) is 1. The third kappa shape index (κ3) is 2.21. The minimum absolute atomic E-state index is 0.274. The molecule has 1 aromatic rings. The summed E-state index contributed by atoms with van der Waals surface area (Å²) in [7, 11) is 0. The smallest absolute Gasteiger partial charge is 0.174 e. The van der Waals surface area contributed by atoms with E-state index in [2.05, 4.69) is 10.3 Å². The van der Waals surface area contributed by atoms with Crippen molar-refractivity contribution in [1.82, 2.24) is 9.78 Å². The van der Waals surface area contributed by atoms with Crippen molar-refractivity contribution in [2.24, 2.45) is 10.6 Å². The van der Waals surface area contributed by atoms with Crippen LogP contribution in [-0.2, 0) is 0 Å². The van der Waals surface area contributed by atoms with Crippen molar-refractivity contribution in [3.05, 3.63) is 17.4 Å². The van der Waals surface area contributed by atoms with Gasteiger partial charge in [-0.15, -0.1) is 0 Å². The molecule has 0 bridgehead atoms. The van der Waals surface area contributed by atoms with Crippen molar-refractivity contribution in [3.63, 3.8) is 0 Å². The molecule has 0 spiro atoms. The first-order valence-corrected chi connectivity index (χ1v) is 4.26. The molecule has 72 valence electrons. The largest absolute Gasteiger partial charge is 0.409 e. The van der Waals surface area contributed by atoms with Gasteiger partial charge in [-0.1, -0.05) is 37.5 Å². The van der Waals surface area contributed by atoms with Gasteiger partial charge in [0.25, 0.3) is 0 Å². The van der Waals surface area contributed by atoms with E-state index in [1.165, 1.54) is 10.9 Å². The van der Waals surface area contributed by atoms with Gasteiger partial charge in [-0.05, 0) is 0 Å². The molecule has 13 heavy (non-hydrogen) atoms. The molecule has 0 aromatic carbocycles. The molecule has 4 nitrogen and oxygen atoms in total. The summed E-state index contributed by atoms with van der Waals surface area (Å²) in [5.41, 5.74) is -0.274. The zero-order valence-electron chi connectivity index (χ0n) is 7.82. The van der Waals surface area contributed by atoms with Crippen LogP contribution in [-0.4, -0.2) is 20.8 Å². The van der Waals surface area contributed by atoms with Crippen LogP contribution in [0.1, 0.15) is 20.8 Å². The second-order valence-corrected chi connectivity index (χ2v) is 4.21. The Hall–Kier alpha value is -1.03. The Bertz CT molecular complexity index is 324. The third-order valence-electron chi connectivity index (χ3n) is 1.53. The highest BCUT2D eigenvalue weighted by Crippen LogP contribution is 2.18. The van der Waals surface area contributed by atoms with Crippen LogP contribution in [0.15, 0.2) is 17.5 Å². The Labute approximate surface area is 81.8 Å². The summed E-state index contributed by atoms with van der Waals surface area (Å²) in [5.74, 6) is 0.458. The van der Waals surface area contributed by atoms with E-state index in [9.17, 15) is 0 Å². The molecule has 0 aliphatic carbocycles. The number of hydrogen-bond acceptors (Lipinski definition) is 3. The number of nitrogens with zero attached hydrogens (tertiary/aromatic N) is 3. The molecule has 0 aliphatic rings. The highest BCUT2D eigenvalue weighted by molar-refractivity contribution is 6.30. The van der Waals surface area contributed by atoms with Crippen LogP contribution in [0.4, 0.5) is 0 Å². The summed E-state index contributed by atoms with van der Waals surface area (Å²) in [5, 5.41) is 16.5. The van der Waals surface area contributed by atoms with E-state index in [0.717, 1.165) is 0 Å². The van der Waals surface area contributed by atoms with Gasteiger partial charge in [-0.3, -0.25) is 0 Å². The standard InChI is InChI=1S/C8H12ClN3O/c1-8(2,3)7(11-13)12-5-6(9)4-10-12/h4-5,13H,1-3H3/b11-7+. The molecule has 1 heterocycles. The van der Waals surface area contributed by atoms with E-state index in [4.69, 9.17) is 16.8 Å². The van der Waals surface area contributed by atoms with Gasteiger partial charge in [-0.2, -0.15) is 5.10 Å². The maximum absolute atomic E-state index is 8.81. The quantitative estimate of drug-likeness (QED) is 0.303. The molecule has 0 radical (unpaired) electrons. The molecule has 0 fully saturated rings. The summed E-state index contributed by atoms with van der Waals surface area (Å²) in [4.78, 5) is 0. The molecule has 1 rings (SSSR count). The lowest BCUT2D eigenvalue weighted by atomic mass is 9.95. The Kier molecular flexibility index (Phi) is 2.61. The van der Waals surface area contributed by atoms with Gasteiger partial charge < -0.3 is 5.21 Å². The lowest BCUT2D eigenvalue weighted by molar-refractivity contribution is 0.306. The van der Waals surface area contributed by atoms with Gasteiger partial charge in [0.1, 0.15) is 0 Å². The van der Waals surface area contributed by atoms with Crippen LogP contribution >= 0.6 is 11.6 Å². The molecule has 5 heteroatoms. The van der Waals surface area contributed by atoms with Gasteiger partial charge in [0.15, 0.2) is 5.84 Å². The fourth-order valence-electron chi connectivity index (χ4n) is 0.956. The van der Waals surface area contributed by atoms with Crippen molar-refractivity contribution in [2.75, 3.05) is 0 Å². The molecular weight excluding hydrogens is 190 g/mol. The van der Waals surface area contributed by atoms with Crippen LogP contribution in [0.3, 0.4) is 0 Å². The fraction of sp³-hybridized carbons (Fsp3) is 0.500. The van der Waals surface area contributed by atoms with Crippen LogP contribution in [0.25, 0.3) is 0 Å². The maximum Gasteiger partial charge on any atom is 0.174 e. The van der Waals surface area contributed by atoms with E-state index < -0.39 is 0 Å². The van der Waals surface area contributed by atoms with E-state index in [1.807, 2.05) is 20.8 Å². The van der Waals surface area contributed by atoms with Crippen LogP contribution in [0, 0.1) is 5.41 Å². The van der Waals surface area contributed by atoms with E-state index >= 15 is 0 Å². The van der Waals surface area contributed by atoms with Gasteiger partial charge in [0.05, 0.1) is 17.4 Å². The summed E-state index contributed by atoms with van der Waals surface area (Å²) >= 11 is 5.69. The highest BCUT2D eigenvalue weighted by atomic mass is 35.5. The monoisotopic (exact) mass is 201 g/mol. The molecular formula is C8H12ClN3O. The van der Waals surface area contributed by atoms with Crippen LogP contribution in [0.2, 0.25) is 5.02 Å². The summed E-state index contributed by atoms with van der Waals surface area (Å²) in [6.07, 6.45) is 3.10. The molecule has 0 saturated heterocycles. The normalized spacial score (nSPS) is 13.4. The Morgan fingerprint density at radius 1 is 1.62 bits per heavy atom. The van der Waals surface area contributed by atoms with Gasteiger partial charge in [0.2, 0.25) is 0 Å². The Balaban J connectivity index is 3.06. The summed E-state index contributed by atoms with van der Waals surface area (Å²) < 4.78 is 1.46. The van der Waals surface area contributed by atoms with Gasteiger partial charge in [-0.25, -0.2) is 4.68 Å². The van der Waals surface area contributed by atoms with E-state index in [0.29, 0.717) is 10.9 Å². The first-order chi connectivity index (χ1) is 5.95. The number of aromatic nitrogens is 2. The predicted molar refractivity (Wildman–Crippen MR) is 51.3 cm³/mol. The van der Waals surface area contributed by atoms with Crippen molar-refractivity contribution >= 4 is 17.4 Å². The average molecular weight is 202 g/mol. The second kappa shape index (κ2) is 3.38. The molecule has 1 N–H and O–H groups in total. The molecule has 1 aromatic heterocycles. The first kappa shape index (κ1) is 10.1. The number of halogens is 1. The molecule has 0 saturated carbocycles. The van der Waals surface area contributed by atoms with Crippen molar-refractivity contribution in [2.45, 2.75) is 20.8 Å². The van der Waals surface area contributed by atoms with E-state index in [-0.39, 0.29) is 5.41 Å². The molecule has 0 atom stereocenters. The van der Waals surface area contributed by atoms with Crippen LogP contribution < -0.4 is 0 Å². The highest BCUT2D eigenvalue weighted by Gasteiger charge is 2.22. The minimum Gasteiger partial charge on any atom is -0.409 e. The zero-order valence-corrected chi connectivity index (χ0v) is 8.58. The second-order valence-electron chi connectivity index (χ2n) is 3.78. The Morgan fingerprint density at radius 2 is 2.23 bits per heavy atom. The minimum atomic E-state index is -0.274. The van der Waals surface area contributed by atoms with Gasteiger partial charge >= 0.3 is 0 Å². The SMILES string of the molecule is CC(C)(C)/C(=N\O)n1cc(Cl)cn1. The molecule has 0 amide bonds.